The maximum Gasteiger partial charge on any atom is 0.274 e. The van der Waals surface area contributed by atoms with E-state index in [0.717, 1.165) is 12.1 Å². The number of allylic oxidation sites excluding steroid dienone is 1. The van der Waals surface area contributed by atoms with E-state index < -0.39 is 23.6 Å². The highest BCUT2D eigenvalue weighted by Gasteiger charge is 2.32. The molecule has 0 saturated carbocycles. The van der Waals surface area contributed by atoms with Crippen LogP contribution in [0.2, 0.25) is 0 Å². The van der Waals surface area contributed by atoms with Crippen molar-refractivity contribution in [2.24, 2.45) is 0 Å². The Morgan fingerprint density at radius 1 is 1.20 bits per heavy atom. The van der Waals surface area contributed by atoms with E-state index in [-0.39, 0.29) is 23.1 Å². The minimum absolute atomic E-state index is 0.00444. The van der Waals surface area contributed by atoms with Gasteiger partial charge in [-0.3, -0.25) is 0 Å². The van der Waals surface area contributed by atoms with Crippen LogP contribution in [0.25, 0.3) is 5.57 Å². The standard InChI is InChI=1S/C11H8F4/c1-5-4-6(11(14)15)10-8(13)3-2-7(12)9(5)10/h2-3,5H,4H2,1H3. The van der Waals surface area contributed by atoms with Crippen molar-refractivity contribution in [3.8, 4) is 0 Å². The summed E-state index contributed by atoms with van der Waals surface area (Å²) in [6, 6.07) is 1.86. The summed E-state index contributed by atoms with van der Waals surface area (Å²) in [6.07, 6.45) is -1.93. The molecule has 4 heteroatoms. The lowest BCUT2D eigenvalue weighted by Gasteiger charge is -2.05. The highest BCUT2D eigenvalue weighted by atomic mass is 19.3. The molecule has 0 radical (unpaired) electrons. The second-order valence-corrected chi connectivity index (χ2v) is 3.66. The van der Waals surface area contributed by atoms with E-state index in [0.29, 0.717) is 0 Å². The molecule has 0 aromatic heterocycles. The highest BCUT2D eigenvalue weighted by Crippen LogP contribution is 2.45. The van der Waals surface area contributed by atoms with Gasteiger partial charge in [0.15, 0.2) is 0 Å². The Labute approximate surface area is 84.2 Å². The molecule has 1 aliphatic carbocycles. The number of rotatable bonds is 0. The molecule has 0 N–H and O–H groups in total. The molecule has 0 amide bonds. The summed E-state index contributed by atoms with van der Waals surface area (Å²) in [7, 11) is 0. The van der Waals surface area contributed by atoms with Crippen molar-refractivity contribution in [2.75, 3.05) is 0 Å². The fourth-order valence-corrected chi connectivity index (χ4v) is 2.04. The van der Waals surface area contributed by atoms with Crippen LogP contribution in [0.1, 0.15) is 30.4 Å². The Balaban J connectivity index is 2.76. The topological polar surface area (TPSA) is 0 Å². The van der Waals surface area contributed by atoms with Crippen LogP contribution < -0.4 is 0 Å². The molecule has 0 spiro atoms. The van der Waals surface area contributed by atoms with Gasteiger partial charge in [-0.1, -0.05) is 6.92 Å². The molecule has 0 saturated heterocycles. The summed E-state index contributed by atoms with van der Waals surface area (Å²) >= 11 is 0. The third kappa shape index (κ3) is 1.44. The van der Waals surface area contributed by atoms with Crippen LogP contribution in [0, 0.1) is 11.6 Å². The summed E-state index contributed by atoms with van der Waals surface area (Å²) in [5.74, 6) is -1.79. The number of halogens is 4. The van der Waals surface area contributed by atoms with Crippen LogP contribution >= 0.6 is 0 Å². The Hall–Kier alpha value is -1.32. The predicted molar refractivity (Wildman–Crippen MR) is 48.5 cm³/mol. The SMILES string of the molecule is CC1CC(=C(F)F)c2c(F)ccc(F)c21. The average molecular weight is 216 g/mol. The molecule has 0 aliphatic heterocycles. The maximum atomic E-state index is 13.3. The Morgan fingerprint density at radius 3 is 2.40 bits per heavy atom. The van der Waals surface area contributed by atoms with Gasteiger partial charge in [-0.25, -0.2) is 8.78 Å². The molecular formula is C11H8F4. The van der Waals surface area contributed by atoms with Crippen LogP contribution in [0.5, 0.6) is 0 Å². The third-order valence-electron chi connectivity index (χ3n) is 2.67. The van der Waals surface area contributed by atoms with Gasteiger partial charge < -0.3 is 0 Å². The zero-order valence-electron chi connectivity index (χ0n) is 7.95. The molecule has 0 nitrogen and oxygen atoms in total. The van der Waals surface area contributed by atoms with E-state index in [1.54, 1.807) is 6.92 Å². The van der Waals surface area contributed by atoms with Gasteiger partial charge in [0, 0.05) is 16.7 Å². The van der Waals surface area contributed by atoms with Gasteiger partial charge in [-0.05, 0) is 24.5 Å². The first-order valence-corrected chi connectivity index (χ1v) is 4.54. The van der Waals surface area contributed by atoms with Crippen LogP contribution in [0.15, 0.2) is 18.2 Å². The second-order valence-electron chi connectivity index (χ2n) is 3.66. The molecule has 1 unspecified atom stereocenters. The molecule has 0 heterocycles. The van der Waals surface area contributed by atoms with Crippen LogP contribution in [0.4, 0.5) is 17.6 Å². The zero-order valence-corrected chi connectivity index (χ0v) is 7.95. The molecule has 1 aromatic rings. The van der Waals surface area contributed by atoms with Crippen molar-refractivity contribution in [1.29, 1.82) is 0 Å². The third-order valence-corrected chi connectivity index (χ3v) is 2.67. The normalized spacial score (nSPS) is 19.3. The van der Waals surface area contributed by atoms with E-state index in [1.165, 1.54) is 0 Å². The number of fused-ring (bicyclic) bond motifs is 1. The molecule has 15 heavy (non-hydrogen) atoms. The van der Waals surface area contributed by atoms with Crippen LogP contribution in [0.3, 0.4) is 0 Å². The van der Waals surface area contributed by atoms with Gasteiger partial charge in [0.25, 0.3) is 6.08 Å². The van der Waals surface area contributed by atoms with Gasteiger partial charge >= 0.3 is 0 Å². The first-order valence-electron chi connectivity index (χ1n) is 4.54. The fourth-order valence-electron chi connectivity index (χ4n) is 2.04. The lowest BCUT2D eigenvalue weighted by Crippen LogP contribution is -1.94. The van der Waals surface area contributed by atoms with Gasteiger partial charge in [0.05, 0.1) is 0 Å². The first kappa shape index (κ1) is 10.2. The summed E-state index contributed by atoms with van der Waals surface area (Å²) in [5.41, 5.74) is -0.546. The molecule has 2 rings (SSSR count). The van der Waals surface area contributed by atoms with Crippen molar-refractivity contribution in [3.05, 3.63) is 41.0 Å². The van der Waals surface area contributed by atoms with E-state index in [1.807, 2.05) is 0 Å². The summed E-state index contributed by atoms with van der Waals surface area (Å²) in [5, 5.41) is 0. The van der Waals surface area contributed by atoms with E-state index >= 15 is 0 Å². The quantitative estimate of drug-likeness (QED) is 0.573. The predicted octanol–water partition coefficient (Wildman–Crippen LogP) is 4.08. The summed E-state index contributed by atoms with van der Waals surface area (Å²) in [4.78, 5) is 0. The molecule has 1 atom stereocenters. The van der Waals surface area contributed by atoms with E-state index in [9.17, 15) is 17.6 Å². The number of hydrogen-bond donors (Lipinski definition) is 0. The van der Waals surface area contributed by atoms with Crippen molar-refractivity contribution in [2.45, 2.75) is 19.3 Å². The summed E-state index contributed by atoms with van der Waals surface area (Å²) < 4.78 is 51.6. The molecular weight excluding hydrogens is 208 g/mol. The van der Waals surface area contributed by atoms with Crippen molar-refractivity contribution >= 4 is 5.57 Å². The minimum atomic E-state index is -1.93. The molecule has 1 aromatic carbocycles. The van der Waals surface area contributed by atoms with Crippen molar-refractivity contribution < 1.29 is 17.6 Å². The van der Waals surface area contributed by atoms with Crippen LogP contribution in [-0.4, -0.2) is 0 Å². The van der Waals surface area contributed by atoms with E-state index in [2.05, 4.69) is 0 Å². The lowest BCUT2D eigenvalue weighted by molar-refractivity contribution is 0.422. The minimum Gasteiger partial charge on any atom is -0.207 e. The van der Waals surface area contributed by atoms with Gasteiger partial charge in [-0.15, -0.1) is 0 Å². The number of benzene rings is 1. The van der Waals surface area contributed by atoms with Gasteiger partial charge in [-0.2, -0.15) is 8.78 Å². The summed E-state index contributed by atoms with van der Waals surface area (Å²) in [6.45, 7) is 1.61. The molecule has 80 valence electrons. The smallest absolute Gasteiger partial charge is 0.207 e. The van der Waals surface area contributed by atoms with Crippen molar-refractivity contribution in [3.63, 3.8) is 0 Å². The van der Waals surface area contributed by atoms with Crippen LogP contribution in [-0.2, 0) is 0 Å². The molecule has 0 fully saturated rings. The average Bonchev–Trinajstić information content (AvgIpc) is 2.51. The monoisotopic (exact) mass is 216 g/mol. The second kappa shape index (κ2) is 3.36. The number of hydrogen-bond acceptors (Lipinski definition) is 0. The Bertz CT molecular complexity index is 444. The zero-order chi connectivity index (χ0) is 11.2. The highest BCUT2D eigenvalue weighted by molar-refractivity contribution is 5.75. The van der Waals surface area contributed by atoms with Crippen molar-refractivity contribution in [1.82, 2.24) is 0 Å². The molecule has 1 aliphatic rings. The fraction of sp³-hybridized carbons (Fsp3) is 0.273. The molecule has 0 bridgehead atoms. The first-order chi connectivity index (χ1) is 7.02. The van der Waals surface area contributed by atoms with Gasteiger partial charge in [0.2, 0.25) is 0 Å². The maximum absolute atomic E-state index is 13.3. The van der Waals surface area contributed by atoms with Gasteiger partial charge in [0.1, 0.15) is 11.6 Å². The Kier molecular flexibility index (Phi) is 2.29. The largest absolute Gasteiger partial charge is 0.274 e. The lowest BCUT2D eigenvalue weighted by atomic mass is 10.0. The Morgan fingerprint density at radius 2 is 1.80 bits per heavy atom. The van der Waals surface area contributed by atoms with E-state index in [4.69, 9.17) is 0 Å².